The lowest BCUT2D eigenvalue weighted by molar-refractivity contribution is -0.137. The van der Waals surface area contributed by atoms with Gasteiger partial charge >= 0.3 is 6.18 Å². The van der Waals surface area contributed by atoms with E-state index in [4.69, 9.17) is 17.0 Å². The molecule has 0 atom stereocenters. The number of carbonyl (C=O) groups is 1. The molecule has 3 nitrogen and oxygen atoms in total. The average molecular weight is 395 g/mol. The highest BCUT2D eigenvalue weighted by molar-refractivity contribution is 8.27. The molecule has 0 radical (unpaired) electrons. The van der Waals surface area contributed by atoms with Gasteiger partial charge in [0.15, 0.2) is 4.32 Å². The molecular weight excluding hydrogens is 383 g/mol. The third kappa shape index (κ3) is 3.76. The zero-order valence-corrected chi connectivity index (χ0v) is 15.0. The maximum absolute atomic E-state index is 12.7. The molecule has 3 rings (SSSR count). The van der Waals surface area contributed by atoms with E-state index < -0.39 is 11.7 Å². The monoisotopic (exact) mass is 395 g/mol. The summed E-state index contributed by atoms with van der Waals surface area (Å²) < 4.78 is 43.4. The molecule has 2 aromatic rings. The Balaban J connectivity index is 1.87. The van der Waals surface area contributed by atoms with Crippen LogP contribution in [0.2, 0.25) is 0 Å². The lowest BCUT2D eigenvalue weighted by Crippen LogP contribution is -2.27. The number of anilines is 1. The van der Waals surface area contributed by atoms with Gasteiger partial charge in [0.2, 0.25) is 0 Å². The van der Waals surface area contributed by atoms with Crippen molar-refractivity contribution in [3.05, 3.63) is 64.6 Å². The maximum Gasteiger partial charge on any atom is 0.416 e. The molecule has 0 aliphatic carbocycles. The van der Waals surface area contributed by atoms with Gasteiger partial charge in [-0.2, -0.15) is 13.2 Å². The summed E-state index contributed by atoms with van der Waals surface area (Å²) in [6, 6.07) is 11.5. The van der Waals surface area contributed by atoms with Gasteiger partial charge in [-0.05, 0) is 35.9 Å². The molecule has 1 aliphatic heterocycles. The number of alkyl halides is 3. The SMILES string of the molecule is COc1cccc(N2C(=O)/C(=C\c3ccc(C(F)(F)F)cc3)SC2=S)c1. The van der Waals surface area contributed by atoms with Gasteiger partial charge in [-0.1, -0.05) is 42.2 Å². The van der Waals surface area contributed by atoms with Gasteiger partial charge in [-0.3, -0.25) is 9.69 Å². The molecule has 0 saturated carbocycles. The van der Waals surface area contributed by atoms with E-state index in [2.05, 4.69) is 0 Å². The number of thioether (sulfide) groups is 1. The number of rotatable bonds is 3. The number of methoxy groups -OCH3 is 1. The smallest absolute Gasteiger partial charge is 0.416 e. The fourth-order valence-electron chi connectivity index (χ4n) is 2.36. The molecule has 0 N–H and O–H groups in total. The van der Waals surface area contributed by atoms with E-state index in [-0.39, 0.29) is 5.91 Å². The second-order valence-electron chi connectivity index (χ2n) is 5.34. The van der Waals surface area contributed by atoms with Crippen molar-refractivity contribution in [3.63, 3.8) is 0 Å². The van der Waals surface area contributed by atoms with E-state index in [1.54, 1.807) is 24.3 Å². The minimum absolute atomic E-state index is 0.326. The van der Waals surface area contributed by atoms with E-state index in [0.29, 0.717) is 26.2 Å². The summed E-state index contributed by atoms with van der Waals surface area (Å²) in [5.41, 5.74) is 0.324. The normalized spacial score (nSPS) is 16.5. The van der Waals surface area contributed by atoms with E-state index in [9.17, 15) is 18.0 Å². The second kappa shape index (κ2) is 7.13. The predicted octanol–water partition coefficient (Wildman–Crippen LogP) is 5.12. The van der Waals surface area contributed by atoms with Crippen molar-refractivity contribution >= 4 is 46.0 Å². The number of thiocarbonyl (C=S) groups is 1. The fraction of sp³-hybridized carbons (Fsp3) is 0.111. The first-order chi connectivity index (χ1) is 12.3. The summed E-state index contributed by atoms with van der Waals surface area (Å²) in [4.78, 5) is 14.4. The Morgan fingerprint density at radius 3 is 2.46 bits per heavy atom. The van der Waals surface area contributed by atoms with Crippen LogP contribution in [0.3, 0.4) is 0 Å². The molecule has 1 fully saturated rings. The number of carbonyl (C=O) groups excluding carboxylic acids is 1. The molecule has 1 amide bonds. The fourth-order valence-corrected chi connectivity index (χ4v) is 3.66. The number of ether oxygens (including phenoxy) is 1. The summed E-state index contributed by atoms with van der Waals surface area (Å²) in [7, 11) is 1.52. The molecule has 0 bridgehead atoms. The Kier molecular flexibility index (Phi) is 5.06. The average Bonchev–Trinajstić information content (AvgIpc) is 2.88. The van der Waals surface area contributed by atoms with Crippen LogP contribution >= 0.6 is 24.0 Å². The Labute approximate surface area is 157 Å². The van der Waals surface area contributed by atoms with Gasteiger partial charge < -0.3 is 4.74 Å². The molecule has 1 saturated heterocycles. The van der Waals surface area contributed by atoms with E-state index in [0.717, 1.165) is 23.9 Å². The van der Waals surface area contributed by atoms with Crippen LogP contribution in [0, 0.1) is 0 Å². The Morgan fingerprint density at radius 1 is 1.15 bits per heavy atom. The third-order valence-corrected chi connectivity index (χ3v) is 4.94. The first-order valence-corrected chi connectivity index (χ1v) is 8.61. The molecule has 26 heavy (non-hydrogen) atoms. The highest BCUT2D eigenvalue weighted by atomic mass is 32.2. The molecule has 1 heterocycles. The largest absolute Gasteiger partial charge is 0.497 e. The highest BCUT2D eigenvalue weighted by Gasteiger charge is 2.34. The van der Waals surface area contributed by atoms with E-state index >= 15 is 0 Å². The summed E-state index contributed by atoms with van der Waals surface area (Å²) in [6.45, 7) is 0. The third-order valence-electron chi connectivity index (χ3n) is 3.64. The van der Waals surface area contributed by atoms with Gasteiger partial charge in [-0.25, -0.2) is 0 Å². The van der Waals surface area contributed by atoms with Crippen molar-refractivity contribution < 1.29 is 22.7 Å². The zero-order valence-electron chi connectivity index (χ0n) is 13.4. The zero-order chi connectivity index (χ0) is 18.9. The molecule has 0 aromatic heterocycles. The molecule has 8 heteroatoms. The minimum atomic E-state index is -4.39. The summed E-state index contributed by atoms with van der Waals surface area (Å²) in [5.74, 6) is 0.261. The lowest BCUT2D eigenvalue weighted by Gasteiger charge is -2.15. The van der Waals surface area contributed by atoms with Gasteiger partial charge in [0.05, 0.1) is 23.3 Å². The van der Waals surface area contributed by atoms with Crippen LogP contribution in [0.1, 0.15) is 11.1 Å². The summed E-state index contributed by atoms with van der Waals surface area (Å²) >= 11 is 6.38. The molecule has 0 unspecified atom stereocenters. The first-order valence-electron chi connectivity index (χ1n) is 7.39. The summed E-state index contributed by atoms with van der Waals surface area (Å²) in [5, 5.41) is 0. The minimum Gasteiger partial charge on any atom is -0.497 e. The molecule has 2 aromatic carbocycles. The van der Waals surface area contributed by atoms with Crippen molar-refractivity contribution in [1.82, 2.24) is 0 Å². The number of halogens is 3. The first kappa shape index (κ1) is 18.5. The number of hydrogen-bond donors (Lipinski definition) is 0. The Morgan fingerprint density at radius 2 is 1.85 bits per heavy atom. The van der Waals surface area contributed by atoms with Crippen molar-refractivity contribution in [3.8, 4) is 5.75 Å². The maximum atomic E-state index is 12.7. The van der Waals surface area contributed by atoms with Gasteiger partial charge in [0, 0.05) is 6.07 Å². The standard InChI is InChI=1S/C18H12F3NO2S2/c1-24-14-4-2-3-13(10-14)22-16(23)15(26-17(22)25)9-11-5-7-12(8-6-11)18(19,20)21/h2-10H,1H3/b15-9+. The Hall–Kier alpha value is -2.32. The molecule has 134 valence electrons. The molecule has 1 aliphatic rings. The van der Waals surface area contributed by atoms with Crippen LogP contribution < -0.4 is 9.64 Å². The van der Waals surface area contributed by atoms with Gasteiger partial charge in [0.25, 0.3) is 5.91 Å². The second-order valence-corrected chi connectivity index (χ2v) is 7.01. The van der Waals surface area contributed by atoms with E-state index in [1.165, 1.54) is 30.2 Å². The van der Waals surface area contributed by atoms with E-state index in [1.807, 2.05) is 0 Å². The summed E-state index contributed by atoms with van der Waals surface area (Å²) in [6.07, 6.45) is -2.87. The van der Waals surface area contributed by atoms with Crippen molar-refractivity contribution in [2.75, 3.05) is 12.0 Å². The number of benzene rings is 2. The highest BCUT2D eigenvalue weighted by Crippen LogP contribution is 2.37. The van der Waals surface area contributed by atoms with Crippen LogP contribution in [0.15, 0.2) is 53.4 Å². The number of amides is 1. The van der Waals surface area contributed by atoms with Crippen molar-refractivity contribution in [2.24, 2.45) is 0 Å². The van der Waals surface area contributed by atoms with Crippen molar-refractivity contribution in [1.29, 1.82) is 0 Å². The Bertz CT molecular complexity index is 892. The van der Waals surface area contributed by atoms with Crippen molar-refractivity contribution in [2.45, 2.75) is 6.18 Å². The van der Waals surface area contributed by atoms with Gasteiger partial charge in [-0.15, -0.1) is 0 Å². The van der Waals surface area contributed by atoms with Gasteiger partial charge in [0.1, 0.15) is 5.75 Å². The quantitative estimate of drug-likeness (QED) is 0.533. The number of hydrogen-bond acceptors (Lipinski definition) is 4. The van der Waals surface area contributed by atoms with Crippen LogP contribution in [0.4, 0.5) is 18.9 Å². The molecule has 0 spiro atoms. The van der Waals surface area contributed by atoms with Crippen LogP contribution in [-0.2, 0) is 11.0 Å². The van der Waals surface area contributed by atoms with Crippen LogP contribution in [-0.4, -0.2) is 17.3 Å². The predicted molar refractivity (Wildman–Crippen MR) is 100 cm³/mol. The van der Waals surface area contributed by atoms with Crippen LogP contribution in [0.25, 0.3) is 6.08 Å². The topological polar surface area (TPSA) is 29.5 Å². The van der Waals surface area contributed by atoms with Crippen LogP contribution in [0.5, 0.6) is 5.75 Å². The number of nitrogens with zero attached hydrogens (tertiary/aromatic N) is 1. The molecular formula is C18H12F3NO2S2. The lowest BCUT2D eigenvalue weighted by atomic mass is 10.1.